The van der Waals surface area contributed by atoms with Gasteiger partial charge in [-0.25, -0.2) is 8.42 Å². The maximum absolute atomic E-state index is 13.0. The van der Waals surface area contributed by atoms with Crippen molar-refractivity contribution in [2.75, 3.05) is 17.3 Å². The smallest absolute Gasteiger partial charge is 0.231 e. The topological polar surface area (TPSA) is 63.7 Å². The van der Waals surface area contributed by atoms with E-state index in [0.29, 0.717) is 18.0 Å². The highest BCUT2D eigenvalue weighted by Gasteiger charge is 2.31. The zero-order chi connectivity index (χ0) is 18.6. The van der Waals surface area contributed by atoms with E-state index in [-0.39, 0.29) is 18.1 Å². The minimum absolute atomic E-state index is 0.0965. The van der Waals surface area contributed by atoms with E-state index in [1.807, 2.05) is 37.3 Å². The summed E-state index contributed by atoms with van der Waals surface area (Å²) in [6.07, 6.45) is 1.78. The molecule has 26 heavy (non-hydrogen) atoms. The van der Waals surface area contributed by atoms with Crippen molar-refractivity contribution < 1.29 is 17.9 Å². The summed E-state index contributed by atoms with van der Waals surface area (Å²) in [5, 5.41) is 1.19. The molecular formula is C20H21NO4S. The Balaban J connectivity index is 1.89. The molecule has 1 amide bonds. The molecule has 0 saturated heterocycles. The summed E-state index contributed by atoms with van der Waals surface area (Å²) in [5.41, 5.74) is 1.54. The molecule has 2 aromatic carbocycles. The Morgan fingerprint density at radius 3 is 2.38 bits per heavy atom. The number of hydrogen-bond acceptors (Lipinski definition) is 4. The van der Waals surface area contributed by atoms with Gasteiger partial charge in [0.1, 0.15) is 5.75 Å². The lowest BCUT2D eigenvalue weighted by molar-refractivity contribution is -0.118. The lowest BCUT2D eigenvalue weighted by Gasteiger charge is -2.28. The molecule has 1 atom stereocenters. The first-order chi connectivity index (χ1) is 12.5. The Kier molecular flexibility index (Phi) is 5.42. The molecule has 0 spiro atoms. The first kappa shape index (κ1) is 18.2. The second-order valence-corrected chi connectivity index (χ2v) is 8.01. The van der Waals surface area contributed by atoms with Crippen LogP contribution in [0.25, 0.3) is 0 Å². The molecule has 0 unspecified atom stereocenters. The summed E-state index contributed by atoms with van der Waals surface area (Å²) in [7, 11) is -3.27. The van der Waals surface area contributed by atoms with Crippen molar-refractivity contribution in [3.63, 3.8) is 0 Å². The molecule has 1 aliphatic rings. The van der Waals surface area contributed by atoms with Crippen LogP contribution in [0, 0.1) is 0 Å². The Labute approximate surface area is 153 Å². The lowest BCUT2D eigenvalue weighted by Crippen LogP contribution is -2.42. The van der Waals surface area contributed by atoms with Crippen LogP contribution in [0.15, 0.2) is 66.1 Å². The quantitative estimate of drug-likeness (QED) is 0.783. The fourth-order valence-electron chi connectivity index (χ4n) is 2.97. The second-order valence-electron chi connectivity index (χ2n) is 6.08. The molecule has 1 aliphatic heterocycles. The van der Waals surface area contributed by atoms with E-state index in [0.717, 1.165) is 5.56 Å². The summed E-state index contributed by atoms with van der Waals surface area (Å²) >= 11 is 0. The van der Waals surface area contributed by atoms with E-state index in [1.54, 1.807) is 35.2 Å². The molecule has 136 valence electrons. The zero-order valence-corrected chi connectivity index (χ0v) is 15.4. The maximum atomic E-state index is 13.0. The second kappa shape index (κ2) is 7.74. The first-order valence-corrected chi connectivity index (χ1v) is 10.2. The molecule has 0 aromatic heterocycles. The molecule has 2 aromatic rings. The van der Waals surface area contributed by atoms with Crippen molar-refractivity contribution in [1.82, 2.24) is 0 Å². The molecule has 0 aliphatic carbocycles. The molecule has 6 heteroatoms. The van der Waals surface area contributed by atoms with E-state index < -0.39 is 15.9 Å². The normalized spacial score (nSPS) is 17.8. The third kappa shape index (κ3) is 4.32. The molecule has 0 N–H and O–H groups in total. The number of carbonyl (C=O) groups is 1. The van der Waals surface area contributed by atoms with Gasteiger partial charge in [0.15, 0.2) is 9.84 Å². The molecule has 1 heterocycles. The predicted octanol–water partition coefficient (Wildman–Crippen LogP) is 2.97. The predicted molar refractivity (Wildman–Crippen MR) is 102 cm³/mol. The first-order valence-electron chi connectivity index (χ1n) is 8.48. The Morgan fingerprint density at radius 2 is 1.81 bits per heavy atom. The van der Waals surface area contributed by atoms with Crippen molar-refractivity contribution >= 4 is 21.4 Å². The Hall–Kier alpha value is -2.60. The summed E-state index contributed by atoms with van der Waals surface area (Å²) in [4.78, 5) is 14.5. The Bertz CT molecular complexity index is 889. The Morgan fingerprint density at radius 1 is 1.12 bits per heavy atom. The molecule has 0 fully saturated rings. The van der Waals surface area contributed by atoms with E-state index in [4.69, 9.17) is 4.74 Å². The molecule has 0 radical (unpaired) electrons. The monoisotopic (exact) mass is 371 g/mol. The number of hydrogen-bond donors (Lipinski definition) is 0. The van der Waals surface area contributed by atoms with Gasteiger partial charge in [-0.05, 0) is 42.8 Å². The molecule has 5 nitrogen and oxygen atoms in total. The van der Waals surface area contributed by atoms with Crippen LogP contribution in [-0.2, 0) is 21.1 Å². The average Bonchev–Trinajstić information content (AvgIpc) is 2.97. The van der Waals surface area contributed by atoms with Crippen LogP contribution in [-0.4, -0.2) is 32.7 Å². The standard InChI is InChI=1S/C20H21NO4S/c1-2-25-19-10-8-17(9-11-19)21(18-12-13-26(23,24)15-18)20(22)14-16-6-4-3-5-7-16/h3-13,18H,2,14-15H2,1H3/t18-/m0/s1. The van der Waals surface area contributed by atoms with Gasteiger partial charge in [-0.2, -0.15) is 0 Å². The molecule has 0 saturated carbocycles. The highest BCUT2D eigenvalue weighted by atomic mass is 32.2. The maximum Gasteiger partial charge on any atom is 0.231 e. The summed E-state index contributed by atoms with van der Waals surface area (Å²) < 4.78 is 29.1. The van der Waals surface area contributed by atoms with Gasteiger partial charge in [0, 0.05) is 11.1 Å². The summed E-state index contributed by atoms with van der Waals surface area (Å²) in [6, 6.07) is 16.1. The number of nitrogens with zero attached hydrogens (tertiary/aromatic N) is 1. The van der Waals surface area contributed by atoms with Crippen LogP contribution in [0.2, 0.25) is 0 Å². The van der Waals surface area contributed by atoms with Gasteiger partial charge in [-0.3, -0.25) is 4.79 Å². The van der Waals surface area contributed by atoms with Crippen LogP contribution in [0.1, 0.15) is 12.5 Å². The number of ether oxygens (including phenoxy) is 1. The van der Waals surface area contributed by atoms with Gasteiger partial charge in [-0.15, -0.1) is 0 Å². The van der Waals surface area contributed by atoms with Gasteiger partial charge >= 0.3 is 0 Å². The van der Waals surface area contributed by atoms with Crippen LogP contribution in [0.4, 0.5) is 5.69 Å². The van der Waals surface area contributed by atoms with E-state index in [9.17, 15) is 13.2 Å². The largest absolute Gasteiger partial charge is 0.494 e. The number of rotatable bonds is 6. The van der Waals surface area contributed by atoms with Crippen LogP contribution in [0.5, 0.6) is 5.75 Å². The van der Waals surface area contributed by atoms with Crippen LogP contribution < -0.4 is 9.64 Å². The van der Waals surface area contributed by atoms with Crippen molar-refractivity contribution in [3.8, 4) is 5.75 Å². The van der Waals surface area contributed by atoms with Crippen molar-refractivity contribution in [2.45, 2.75) is 19.4 Å². The van der Waals surface area contributed by atoms with Crippen molar-refractivity contribution in [1.29, 1.82) is 0 Å². The molecule has 0 bridgehead atoms. The number of benzene rings is 2. The molecule has 3 rings (SSSR count). The highest BCUT2D eigenvalue weighted by molar-refractivity contribution is 7.94. The van der Waals surface area contributed by atoms with Gasteiger partial charge in [-0.1, -0.05) is 30.3 Å². The fraction of sp³-hybridized carbons (Fsp3) is 0.250. The van der Waals surface area contributed by atoms with E-state index in [2.05, 4.69) is 0 Å². The lowest BCUT2D eigenvalue weighted by atomic mass is 10.1. The van der Waals surface area contributed by atoms with Crippen molar-refractivity contribution in [2.24, 2.45) is 0 Å². The van der Waals surface area contributed by atoms with E-state index >= 15 is 0 Å². The van der Waals surface area contributed by atoms with Gasteiger partial charge in [0.05, 0.1) is 24.8 Å². The average molecular weight is 371 g/mol. The SMILES string of the molecule is CCOc1ccc(N(C(=O)Cc2ccccc2)[C@H]2C=CS(=O)(=O)C2)cc1. The summed E-state index contributed by atoms with van der Waals surface area (Å²) in [6.45, 7) is 2.46. The number of amides is 1. The molecular weight excluding hydrogens is 350 g/mol. The van der Waals surface area contributed by atoms with Gasteiger partial charge in [0.2, 0.25) is 5.91 Å². The van der Waals surface area contributed by atoms with E-state index in [1.165, 1.54) is 5.41 Å². The number of anilines is 1. The minimum Gasteiger partial charge on any atom is -0.494 e. The van der Waals surface area contributed by atoms with Gasteiger partial charge < -0.3 is 9.64 Å². The van der Waals surface area contributed by atoms with Gasteiger partial charge in [0.25, 0.3) is 0 Å². The van der Waals surface area contributed by atoms with Crippen molar-refractivity contribution in [3.05, 3.63) is 71.6 Å². The summed E-state index contributed by atoms with van der Waals surface area (Å²) in [5.74, 6) is 0.467. The highest BCUT2D eigenvalue weighted by Crippen LogP contribution is 2.26. The number of sulfone groups is 1. The number of carbonyl (C=O) groups excluding carboxylic acids is 1. The third-order valence-electron chi connectivity index (χ3n) is 4.14. The van der Waals surface area contributed by atoms with Crippen LogP contribution in [0.3, 0.4) is 0 Å². The fourth-order valence-corrected chi connectivity index (χ4v) is 4.23. The van der Waals surface area contributed by atoms with Crippen LogP contribution >= 0.6 is 0 Å². The zero-order valence-electron chi connectivity index (χ0n) is 14.5. The minimum atomic E-state index is -3.27. The third-order valence-corrected chi connectivity index (χ3v) is 5.51.